The maximum Gasteiger partial charge on any atom is 0.408 e. The lowest BCUT2D eigenvalue weighted by atomic mass is 9.84. The molecule has 5 aromatic rings. The maximum atomic E-state index is 14.3. The van der Waals surface area contributed by atoms with Crippen LogP contribution in [0.2, 0.25) is 0 Å². The van der Waals surface area contributed by atoms with Crippen LogP contribution >= 0.6 is 0 Å². The second-order valence-corrected chi connectivity index (χ2v) is 12.5. The monoisotopic (exact) mass is 687 g/mol. The number of hydrogen-bond acceptors (Lipinski definition) is 7. The lowest BCUT2D eigenvalue weighted by Gasteiger charge is -2.28. The fraction of sp³-hybridized carbons (Fsp3) is 0.225. The number of nitrogens with one attached hydrogen (secondary N) is 3. The summed E-state index contributed by atoms with van der Waals surface area (Å²) in [5, 5.41) is 5.15. The molecule has 0 unspecified atom stereocenters. The third kappa shape index (κ3) is 10.6. The summed E-state index contributed by atoms with van der Waals surface area (Å²) in [6.07, 6.45) is 2.26. The van der Waals surface area contributed by atoms with Gasteiger partial charge >= 0.3 is 6.09 Å². The van der Waals surface area contributed by atoms with Crippen molar-refractivity contribution in [3.63, 3.8) is 0 Å². The Balaban J connectivity index is 1.33. The van der Waals surface area contributed by atoms with Gasteiger partial charge in [0.2, 0.25) is 17.7 Å². The molecule has 0 aliphatic rings. The van der Waals surface area contributed by atoms with E-state index in [0.717, 1.165) is 16.7 Å². The summed E-state index contributed by atoms with van der Waals surface area (Å²) in [5.41, 5.74) is 2.80. The number of amides is 4. The molecule has 3 N–H and O–H groups in total. The third-order valence-electron chi connectivity index (χ3n) is 8.29. The quantitative estimate of drug-likeness (QED) is 0.132. The summed E-state index contributed by atoms with van der Waals surface area (Å²) < 4.78 is 11.3. The Morgan fingerprint density at radius 2 is 1.39 bits per heavy atom. The van der Waals surface area contributed by atoms with Gasteiger partial charge in [-0.25, -0.2) is 9.78 Å². The molecule has 0 aliphatic heterocycles. The summed E-state index contributed by atoms with van der Waals surface area (Å²) in [6.45, 7) is 3.38. The number of carbonyl (C=O) groups is 4. The summed E-state index contributed by atoms with van der Waals surface area (Å²) in [4.78, 5) is 62.4. The fourth-order valence-corrected chi connectivity index (χ4v) is 5.29. The van der Waals surface area contributed by atoms with E-state index in [2.05, 4.69) is 20.6 Å². The summed E-state index contributed by atoms with van der Waals surface area (Å²) in [5.74, 6) is -1.11. The average Bonchev–Trinajstić information content (AvgIpc) is 3.67. The van der Waals surface area contributed by atoms with E-state index in [1.54, 1.807) is 44.3 Å². The van der Waals surface area contributed by atoms with Crippen molar-refractivity contribution >= 4 is 23.8 Å². The highest BCUT2D eigenvalue weighted by Crippen LogP contribution is 2.23. The van der Waals surface area contributed by atoms with Gasteiger partial charge in [0.25, 0.3) is 0 Å². The summed E-state index contributed by atoms with van der Waals surface area (Å²) in [7, 11) is 0. The van der Waals surface area contributed by atoms with E-state index in [1.165, 1.54) is 11.2 Å². The number of carbonyl (C=O) groups excluding carboxylic acids is 4. The molecule has 51 heavy (non-hydrogen) atoms. The second-order valence-electron chi connectivity index (χ2n) is 12.5. The van der Waals surface area contributed by atoms with Crippen LogP contribution in [0, 0.1) is 0 Å². The lowest BCUT2D eigenvalue weighted by molar-refractivity contribution is -0.141. The number of ether oxygens (including phenoxy) is 2. The molecule has 0 radical (unpaired) electrons. The number of imide groups is 1. The van der Waals surface area contributed by atoms with Gasteiger partial charge in [-0.15, -0.1) is 0 Å². The standard InChI is InChI=1S/C40H41N5O6/c1-40(2,32-16-10-5-11-17-32)38(48)44-36(46)25-45(24-29-18-20-34(21-19-29)50-26-30-12-6-3-7-13-30)37(47)35(22-33-23-41-28-42-33)43-39(49)51-27-31-14-8-4-9-15-31/h3-21,23,28,35H,22,24-27H2,1-2H3,(H,41,42)(H,43,49)(H,44,46,48)/t35-/m0/s1. The maximum absolute atomic E-state index is 14.3. The predicted octanol–water partition coefficient (Wildman–Crippen LogP) is 5.48. The van der Waals surface area contributed by atoms with Gasteiger partial charge in [-0.05, 0) is 48.2 Å². The molecule has 1 heterocycles. The van der Waals surface area contributed by atoms with Crippen molar-refractivity contribution in [2.45, 2.75) is 51.5 Å². The Bertz CT molecular complexity index is 1870. The Labute approximate surface area is 297 Å². The highest BCUT2D eigenvalue weighted by molar-refractivity contribution is 6.02. The van der Waals surface area contributed by atoms with Crippen molar-refractivity contribution in [3.05, 3.63) is 156 Å². The smallest absolute Gasteiger partial charge is 0.408 e. The zero-order valence-electron chi connectivity index (χ0n) is 28.6. The van der Waals surface area contributed by atoms with Crippen LogP contribution in [-0.4, -0.2) is 51.3 Å². The van der Waals surface area contributed by atoms with Crippen LogP contribution in [0.25, 0.3) is 0 Å². The van der Waals surface area contributed by atoms with E-state index in [1.807, 2.05) is 91.0 Å². The number of aromatic amines is 1. The number of nitrogens with zero attached hydrogens (tertiary/aromatic N) is 2. The van der Waals surface area contributed by atoms with Crippen LogP contribution in [0.1, 0.15) is 41.8 Å². The zero-order valence-corrected chi connectivity index (χ0v) is 28.6. The van der Waals surface area contributed by atoms with Crippen molar-refractivity contribution in [2.24, 2.45) is 0 Å². The molecule has 0 aliphatic carbocycles. The van der Waals surface area contributed by atoms with Crippen molar-refractivity contribution < 1.29 is 28.7 Å². The van der Waals surface area contributed by atoms with Crippen LogP contribution in [0.5, 0.6) is 5.75 Å². The van der Waals surface area contributed by atoms with Gasteiger partial charge in [0.05, 0.1) is 11.7 Å². The summed E-state index contributed by atoms with van der Waals surface area (Å²) >= 11 is 0. The number of hydrogen-bond donors (Lipinski definition) is 3. The Morgan fingerprint density at radius 3 is 2.00 bits per heavy atom. The van der Waals surface area contributed by atoms with E-state index in [4.69, 9.17) is 9.47 Å². The van der Waals surface area contributed by atoms with Crippen LogP contribution in [0.3, 0.4) is 0 Å². The van der Waals surface area contributed by atoms with E-state index in [-0.39, 0.29) is 19.6 Å². The Kier molecular flexibility index (Phi) is 12.3. The number of alkyl carbamates (subject to hydrolysis) is 1. The van der Waals surface area contributed by atoms with E-state index in [0.29, 0.717) is 23.6 Å². The Hall–Kier alpha value is -6.23. The van der Waals surface area contributed by atoms with Gasteiger partial charge in [0, 0.05) is 24.9 Å². The molecule has 1 aromatic heterocycles. The summed E-state index contributed by atoms with van der Waals surface area (Å²) in [6, 6.07) is 34.1. The third-order valence-corrected chi connectivity index (χ3v) is 8.29. The molecule has 0 saturated carbocycles. The largest absolute Gasteiger partial charge is 0.489 e. The van der Waals surface area contributed by atoms with Gasteiger partial charge in [0.15, 0.2) is 0 Å². The van der Waals surface area contributed by atoms with E-state index < -0.39 is 41.8 Å². The number of benzene rings is 4. The van der Waals surface area contributed by atoms with Gasteiger partial charge in [-0.3, -0.25) is 19.7 Å². The first-order chi connectivity index (χ1) is 24.7. The molecule has 0 saturated heterocycles. The van der Waals surface area contributed by atoms with Crippen LogP contribution in [0.15, 0.2) is 128 Å². The molecular weight excluding hydrogens is 646 g/mol. The SMILES string of the molecule is CC(C)(C(=O)NC(=O)CN(Cc1ccc(OCc2ccccc2)cc1)C(=O)[C@H](Cc1cnc[nH]1)NC(=O)OCc1ccccc1)c1ccccc1. The highest BCUT2D eigenvalue weighted by Gasteiger charge is 2.33. The van der Waals surface area contributed by atoms with Crippen LogP contribution in [-0.2, 0) is 50.7 Å². The minimum atomic E-state index is -1.13. The molecule has 11 nitrogen and oxygen atoms in total. The number of H-pyrrole nitrogens is 1. The normalized spacial score (nSPS) is 11.6. The number of rotatable bonds is 15. The predicted molar refractivity (Wildman–Crippen MR) is 191 cm³/mol. The first-order valence-corrected chi connectivity index (χ1v) is 16.6. The van der Waals surface area contributed by atoms with Crippen molar-refractivity contribution in [3.8, 4) is 5.75 Å². The molecule has 5 rings (SSSR count). The average molecular weight is 688 g/mol. The molecule has 0 bridgehead atoms. The lowest BCUT2D eigenvalue weighted by Crippen LogP contribution is -2.53. The number of aromatic nitrogens is 2. The molecule has 0 fully saturated rings. The van der Waals surface area contributed by atoms with Gasteiger partial charge in [-0.2, -0.15) is 0 Å². The van der Waals surface area contributed by atoms with Crippen LogP contribution < -0.4 is 15.4 Å². The van der Waals surface area contributed by atoms with E-state index >= 15 is 0 Å². The first kappa shape index (κ1) is 36.1. The molecular formula is C40H41N5O6. The van der Waals surface area contributed by atoms with Gasteiger partial charge in [-0.1, -0.05) is 103 Å². The van der Waals surface area contributed by atoms with Crippen molar-refractivity contribution in [1.29, 1.82) is 0 Å². The number of imidazole rings is 1. The minimum absolute atomic E-state index is 0.00169. The first-order valence-electron chi connectivity index (χ1n) is 16.6. The van der Waals surface area contributed by atoms with Gasteiger partial charge < -0.3 is 24.7 Å². The minimum Gasteiger partial charge on any atom is -0.489 e. The highest BCUT2D eigenvalue weighted by atomic mass is 16.5. The molecule has 4 amide bonds. The molecule has 1 atom stereocenters. The molecule has 0 spiro atoms. The van der Waals surface area contributed by atoms with Crippen molar-refractivity contribution in [1.82, 2.24) is 25.5 Å². The van der Waals surface area contributed by atoms with Gasteiger partial charge in [0.1, 0.15) is 31.5 Å². The zero-order chi connectivity index (χ0) is 36.1. The molecule has 4 aromatic carbocycles. The second kappa shape index (κ2) is 17.4. The molecule has 11 heteroatoms. The molecule has 262 valence electrons. The topological polar surface area (TPSA) is 143 Å². The van der Waals surface area contributed by atoms with Crippen molar-refractivity contribution in [2.75, 3.05) is 6.54 Å². The Morgan fingerprint density at radius 1 is 0.784 bits per heavy atom. The van der Waals surface area contributed by atoms with E-state index in [9.17, 15) is 19.2 Å². The van der Waals surface area contributed by atoms with Crippen LogP contribution in [0.4, 0.5) is 4.79 Å². The fourth-order valence-electron chi connectivity index (χ4n) is 5.29.